The number of carbonyl (C=O) groups excluding carboxylic acids is 1. The number of nitrogens with one attached hydrogen (secondary N) is 1. The van der Waals surface area contributed by atoms with Crippen LogP contribution in [-0.2, 0) is 4.79 Å². The summed E-state index contributed by atoms with van der Waals surface area (Å²) in [6, 6.07) is 13.8. The first-order valence-electron chi connectivity index (χ1n) is 6.54. The summed E-state index contributed by atoms with van der Waals surface area (Å²) in [7, 11) is 0. The van der Waals surface area contributed by atoms with E-state index in [1.54, 1.807) is 12.1 Å². The lowest BCUT2D eigenvalue weighted by atomic mass is 9.95. The molecule has 0 radical (unpaired) electrons. The molecule has 2 aromatic rings. The number of hydrogen-bond acceptors (Lipinski definition) is 1. The van der Waals surface area contributed by atoms with Crippen molar-refractivity contribution in [1.29, 1.82) is 0 Å². The number of carbonyl (C=O) groups is 1. The van der Waals surface area contributed by atoms with E-state index in [1.165, 1.54) is 12.1 Å². The normalized spacial score (nSPS) is 11.2. The Bertz CT molecular complexity index is 612. The summed E-state index contributed by atoms with van der Waals surface area (Å²) in [5.74, 6) is -0.322. The van der Waals surface area contributed by atoms with Crippen LogP contribution in [0.3, 0.4) is 0 Å². The molecular formula is C17H18FNO. The number of para-hydroxylation sites is 1. The molecule has 0 aromatic heterocycles. The standard InChI is InChI=1S/C17H18FNO/c1-17(2,3)16(20)19-15-7-5-4-6-14(15)12-8-10-13(18)11-9-12/h4-11H,1-3H3,(H,19,20). The fourth-order valence-electron chi connectivity index (χ4n) is 1.78. The highest BCUT2D eigenvalue weighted by atomic mass is 19.1. The van der Waals surface area contributed by atoms with E-state index >= 15 is 0 Å². The fourth-order valence-corrected chi connectivity index (χ4v) is 1.78. The Balaban J connectivity index is 2.36. The summed E-state index contributed by atoms with van der Waals surface area (Å²) in [4.78, 5) is 12.1. The zero-order valence-corrected chi connectivity index (χ0v) is 11.9. The maximum Gasteiger partial charge on any atom is 0.229 e. The molecule has 0 bridgehead atoms. The minimum absolute atomic E-state index is 0.0490. The Morgan fingerprint density at radius 3 is 2.20 bits per heavy atom. The monoisotopic (exact) mass is 271 g/mol. The maximum absolute atomic E-state index is 13.0. The van der Waals surface area contributed by atoms with E-state index in [9.17, 15) is 9.18 Å². The molecule has 0 unspecified atom stereocenters. The van der Waals surface area contributed by atoms with Gasteiger partial charge in [0, 0.05) is 16.7 Å². The van der Waals surface area contributed by atoms with E-state index in [-0.39, 0.29) is 11.7 Å². The lowest BCUT2D eigenvalue weighted by Crippen LogP contribution is -2.27. The first-order chi connectivity index (χ1) is 9.38. The molecule has 0 aliphatic carbocycles. The number of hydrogen-bond donors (Lipinski definition) is 1. The fraction of sp³-hybridized carbons (Fsp3) is 0.235. The van der Waals surface area contributed by atoms with Crippen LogP contribution in [0.5, 0.6) is 0 Å². The van der Waals surface area contributed by atoms with Gasteiger partial charge in [-0.2, -0.15) is 0 Å². The first-order valence-corrected chi connectivity index (χ1v) is 6.54. The van der Waals surface area contributed by atoms with Crippen molar-refractivity contribution < 1.29 is 9.18 Å². The third-order valence-electron chi connectivity index (χ3n) is 3.01. The highest BCUT2D eigenvalue weighted by molar-refractivity contribution is 5.98. The molecule has 0 heterocycles. The smallest absolute Gasteiger partial charge is 0.229 e. The highest BCUT2D eigenvalue weighted by Crippen LogP contribution is 2.29. The SMILES string of the molecule is CC(C)(C)C(=O)Nc1ccccc1-c1ccc(F)cc1. The van der Waals surface area contributed by atoms with Crippen LogP contribution in [0, 0.1) is 11.2 Å². The molecule has 2 aromatic carbocycles. The van der Waals surface area contributed by atoms with Gasteiger partial charge in [0.05, 0.1) is 0 Å². The van der Waals surface area contributed by atoms with Crippen LogP contribution in [-0.4, -0.2) is 5.91 Å². The average Bonchev–Trinajstić information content (AvgIpc) is 2.39. The van der Waals surface area contributed by atoms with E-state index in [0.717, 1.165) is 16.8 Å². The van der Waals surface area contributed by atoms with Gasteiger partial charge in [0.1, 0.15) is 5.82 Å². The molecule has 20 heavy (non-hydrogen) atoms. The maximum atomic E-state index is 13.0. The van der Waals surface area contributed by atoms with E-state index in [0.29, 0.717) is 0 Å². The summed E-state index contributed by atoms with van der Waals surface area (Å²) in [6.07, 6.45) is 0. The summed E-state index contributed by atoms with van der Waals surface area (Å²) in [5, 5.41) is 2.93. The van der Waals surface area contributed by atoms with Gasteiger partial charge in [0.2, 0.25) is 5.91 Å². The summed E-state index contributed by atoms with van der Waals surface area (Å²) < 4.78 is 13.0. The number of halogens is 1. The summed E-state index contributed by atoms with van der Waals surface area (Å²) >= 11 is 0. The average molecular weight is 271 g/mol. The van der Waals surface area contributed by atoms with Gasteiger partial charge in [-0.15, -0.1) is 0 Å². The predicted molar refractivity (Wildman–Crippen MR) is 79.9 cm³/mol. The largest absolute Gasteiger partial charge is 0.325 e. The minimum Gasteiger partial charge on any atom is -0.325 e. The van der Waals surface area contributed by atoms with Crippen LogP contribution in [0.2, 0.25) is 0 Å². The van der Waals surface area contributed by atoms with E-state index in [4.69, 9.17) is 0 Å². The molecule has 3 heteroatoms. The zero-order valence-electron chi connectivity index (χ0n) is 11.9. The molecule has 0 aliphatic heterocycles. The second kappa shape index (κ2) is 5.45. The quantitative estimate of drug-likeness (QED) is 0.857. The number of benzene rings is 2. The Labute approximate surface area is 118 Å². The second-order valence-electron chi connectivity index (χ2n) is 5.76. The Kier molecular flexibility index (Phi) is 3.89. The molecule has 0 spiro atoms. The van der Waals surface area contributed by atoms with Crippen molar-refractivity contribution in [2.45, 2.75) is 20.8 Å². The van der Waals surface area contributed by atoms with Crippen molar-refractivity contribution in [3.8, 4) is 11.1 Å². The van der Waals surface area contributed by atoms with Gasteiger partial charge in [0.25, 0.3) is 0 Å². The Morgan fingerprint density at radius 1 is 1.00 bits per heavy atom. The van der Waals surface area contributed by atoms with Gasteiger partial charge in [0.15, 0.2) is 0 Å². The van der Waals surface area contributed by atoms with Crippen molar-refractivity contribution in [3.05, 3.63) is 54.3 Å². The van der Waals surface area contributed by atoms with Gasteiger partial charge in [-0.3, -0.25) is 4.79 Å². The van der Waals surface area contributed by atoms with E-state index < -0.39 is 5.41 Å². The number of amides is 1. The van der Waals surface area contributed by atoms with Gasteiger partial charge >= 0.3 is 0 Å². The molecule has 1 N–H and O–H groups in total. The highest BCUT2D eigenvalue weighted by Gasteiger charge is 2.22. The van der Waals surface area contributed by atoms with Crippen molar-refractivity contribution in [2.75, 3.05) is 5.32 Å². The molecule has 0 aliphatic rings. The predicted octanol–water partition coefficient (Wildman–Crippen LogP) is 4.48. The molecule has 0 atom stereocenters. The third kappa shape index (κ3) is 3.23. The summed E-state index contributed by atoms with van der Waals surface area (Å²) in [6.45, 7) is 5.59. The molecular weight excluding hydrogens is 253 g/mol. The van der Waals surface area contributed by atoms with Gasteiger partial charge in [-0.05, 0) is 23.8 Å². The van der Waals surface area contributed by atoms with Crippen LogP contribution in [0.25, 0.3) is 11.1 Å². The van der Waals surface area contributed by atoms with Gasteiger partial charge < -0.3 is 5.32 Å². The van der Waals surface area contributed by atoms with Crippen molar-refractivity contribution in [1.82, 2.24) is 0 Å². The van der Waals surface area contributed by atoms with E-state index in [2.05, 4.69) is 5.32 Å². The first kappa shape index (κ1) is 14.3. The van der Waals surface area contributed by atoms with Crippen molar-refractivity contribution >= 4 is 11.6 Å². The van der Waals surface area contributed by atoms with Crippen molar-refractivity contribution in [2.24, 2.45) is 5.41 Å². The van der Waals surface area contributed by atoms with Crippen LogP contribution < -0.4 is 5.32 Å². The lowest BCUT2D eigenvalue weighted by molar-refractivity contribution is -0.123. The lowest BCUT2D eigenvalue weighted by Gasteiger charge is -2.19. The molecule has 104 valence electrons. The number of anilines is 1. The van der Waals surface area contributed by atoms with Crippen LogP contribution in [0.15, 0.2) is 48.5 Å². The van der Waals surface area contributed by atoms with Gasteiger partial charge in [-0.1, -0.05) is 51.1 Å². The van der Waals surface area contributed by atoms with Crippen molar-refractivity contribution in [3.63, 3.8) is 0 Å². The topological polar surface area (TPSA) is 29.1 Å². The second-order valence-corrected chi connectivity index (χ2v) is 5.76. The molecule has 0 fully saturated rings. The van der Waals surface area contributed by atoms with Crippen LogP contribution in [0.4, 0.5) is 10.1 Å². The van der Waals surface area contributed by atoms with Gasteiger partial charge in [-0.25, -0.2) is 4.39 Å². The van der Waals surface area contributed by atoms with Crippen LogP contribution >= 0.6 is 0 Å². The minimum atomic E-state index is -0.462. The zero-order chi connectivity index (χ0) is 14.8. The molecule has 0 saturated carbocycles. The molecule has 2 rings (SSSR count). The Morgan fingerprint density at radius 2 is 1.60 bits per heavy atom. The molecule has 1 amide bonds. The number of rotatable bonds is 2. The Hall–Kier alpha value is -2.16. The van der Waals surface area contributed by atoms with Crippen LogP contribution in [0.1, 0.15) is 20.8 Å². The molecule has 0 saturated heterocycles. The molecule has 2 nitrogen and oxygen atoms in total. The third-order valence-corrected chi connectivity index (χ3v) is 3.01. The van der Waals surface area contributed by atoms with E-state index in [1.807, 2.05) is 45.0 Å². The summed E-state index contributed by atoms with van der Waals surface area (Å²) in [5.41, 5.74) is 2.02.